The number of aliphatic hydroxyl groups excluding tert-OH is 1. The predicted molar refractivity (Wildman–Crippen MR) is 78.9 cm³/mol. The molecule has 1 N–H and O–H groups in total. The molecule has 3 heteroatoms. The zero-order valence-electron chi connectivity index (χ0n) is 12.2. The van der Waals surface area contributed by atoms with E-state index in [4.69, 9.17) is 5.11 Å². The Kier molecular flexibility index (Phi) is 5.37. The summed E-state index contributed by atoms with van der Waals surface area (Å²) < 4.78 is 0. The summed E-state index contributed by atoms with van der Waals surface area (Å²) in [6.45, 7) is 8.18. The van der Waals surface area contributed by atoms with Crippen LogP contribution in [0.3, 0.4) is 0 Å². The van der Waals surface area contributed by atoms with Gasteiger partial charge >= 0.3 is 0 Å². The molecule has 1 atom stereocenters. The molecular weight excluding hydrogens is 236 g/mol. The Morgan fingerprint density at radius 3 is 2.58 bits per heavy atom. The molecule has 0 saturated carbocycles. The number of aliphatic hydroxyl groups is 1. The van der Waals surface area contributed by atoms with Crippen LogP contribution in [0.25, 0.3) is 0 Å². The van der Waals surface area contributed by atoms with Crippen LogP contribution in [0.5, 0.6) is 0 Å². The van der Waals surface area contributed by atoms with Crippen molar-refractivity contribution in [1.82, 2.24) is 9.80 Å². The van der Waals surface area contributed by atoms with Crippen LogP contribution in [0.1, 0.15) is 24.5 Å². The van der Waals surface area contributed by atoms with Crippen LogP contribution in [0.4, 0.5) is 0 Å². The highest BCUT2D eigenvalue weighted by atomic mass is 16.3. The van der Waals surface area contributed by atoms with E-state index < -0.39 is 0 Å². The summed E-state index contributed by atoms with van der Waals surface area (Å²) in [4.78, 5) is 4.95. The monoisotopic (exact) mass is 262 g/mol. The minimum absolute atomic E-state index is 0.134. The van der Waals surface area contributed by atoms with Gasteiger partial charge in [-0.05, 0) is 43.6 Å². The molecule has 19 heavy (non-hydrogen) atoms. The fourth-order valence-electron chi connectivity index (χ4n) is 2.78. The first-order chi connectivity index (χ1) is 9.21. The Morgan fingerprint density at radius 2 is 1.95 bits per heavy atom. The van der Waals surface area contributed by atoms with Crippen LogP contribution in [-0.4, -0.2) is 48.1 Å². The van der Waals surface area contributed by atoms with Crippen LogP contribution in [0.2, 0.25) is 0 Å². The second-order valence-electron chi connectivity index (χ2n) is 5.72. The second kappa shape index (κ2) is 7.04. The number of benzene rings is 1. The summed E-state index contributed by atoms with van der Waals surface area (Å²) >= 11 is 0. The largest absolute Gasteiger partial charge is 0.392 e. The van der Waals surface area contributed by atoms with Crippen LogP contribution >= 0.6 is 0 Å². The van der Waals surface area contributed by atoms with Gasteiger partial charge in [-0.1, -0.05) is 31.2 Å². The third kappa shape index (κ3) is 4.30. The molecule has 0 aliphatic carbocycles. The molecule has 1 heterocycles. The van der Waals surface area contributed by atoms with Crippen molar-refractivity contribution in [3.8, 4) is 0 Å². The van der Waals surface area contributed by atoms with Gasteiger partial charge in [0.25, 0.3) is 0 Å². The highest BCUT2D eigenvalue weighted by Gasteiger charge is 2.22. The lowest BCUT2D eigenvalue weighted by atomic mass is 10.1. The van der Waals surface area contributed by atoms with E-state index in [0.717, 1.165) is 24.6 Å². The van der Waals surface area contributed by atoms with Crippen LogP contribution in [0.15, 0.2) is 24.3 Å². The fourth-order valence-corrected chi connectivity index (χ4v) is 2.78. The lowest BCUT2D eigenvalue weighted by Gasteiger charge is -2.20. The highest BCUT2D eigenvalue weighted by Crippen LogP contribution is 2.19. The van der Waals surface area contributed by atoms with Crippen molar-refractivity contribution in [2.75, 3.05) is 33.2 Å². The van der Waals surface area contributed by atoms with Crippen molar-refractivity contribution in [3.05, 3.63) is 35.4 Å². The van der Waals surface area contributed by atoms with Gasteiger partial charge in [-0.15, -0.1) is 0 Å². The number of likely N-dealkylation sites (tertiary alicyclic amines) is 1. The maximum Gasteiger partial charge on any atom is 0.0681 e. The molecule has 0 radical (unpaired) electrons. The van der Waals surface area contributed by atoms with Crippen molar-refractivity contribution in [2.45, 2.75) is 26.5 Å². The Labute approximate surface area is 116 Å². The molecule has 1 aliphatic rings. The Bertz CT molecular complexity index is 377. The summed E-state index contributed by atoms with van der Waals surface area (Å²) in [5.74, 6) is 0.821. The van der Waals surface area contributed by atoms with E-state index in [1.54, 1.807) is 0 Å². The van der Waals surface area contributed by atoms with E-state index in [0.29, 0.717) is 0 Å². The molecule has 0 aromatic heterocycles. The van der Waals surface area contributed by atoms with Crippen molar-refractivity contribution >= 4 is 0 Å². The van der Waals surface area contributed by atoms with Crippen molar-refractivity contribution in [1.29, 1.82) is 0 Å². The van der Waals surface area contributed by atoms with Crippen LogP contribution < -0.4 is 0 Å². The zero-order chi connectivity index (χ0) is 13.7. The third-order valence-corrected chi connectivity index (χ3v) is 4.09. The van der Waals surface area contributed by atoms with Gasteiger partial charge in [0, 0.05) is 19.6 Å². The number of hydrogen-bond acceptors (Lipinski definition) is 3. The highest BCUT2D eigenvalue weighted by molar-refractivity contribution is 5.22. The molecular formula is C16H26N2O. The molecule has 2 rings (SSSR count). The molecule has 0 bridgehead atoms. The van der Waals surface area contributed by atoms with Gasteiger partial charge in [0.1, 0.15) is 0 Å². The molecule has 0 spiro atoms. The summed E-state index contributed by atoms with van der Waals surface area (Å²) in [5.41, 5.74) is 2.34. The number of hydrogen-bond donors (Lipinski definition) is 1. The maximum absolute atomic E-state index is 9.04. The molecule has 1 unspecified atom stereocenters. The Morgan fingerprint density at radius 1 is 1.26 bits per heavy atom. The number of rotatable bonds is 6. The first-order valence-electron chi connectivity index (χ1n) is 7.30. The standard InChI is InChI=1S/C16H26N2O/c1-3-17(2)10-16-8-9-18(12-16)11-14-4-6-15(13-19)7-5-14/h4-7,16,19H,3,8-13H2,1-2H3. The van der Waals surface area contributed by atoms with Gasteiger partial charge in [-0.3, -0.25) is 4.90 Å². The molecule has 1 saturated heterocycles. The van der Waals surface area contributed by atoms with E-state index in [1.165, 1.54) is 31.6 Å². The van der Waals surface area contributed by atoms with Crippen molar-refractivity contribution < 1.29 is 5.11 Å². The number of nitrogens with zero attached hydrogens (tertiary/aromatic N) is 2. The normalized spacial score (nSPS) is 20.3. The Balaban J connectivity index is 1.80. The first kappa shape index (κ1) is 14.5. The fraction of sp³-hybridized carbons (Fsp3) is 0.625. The van der Waals surface area contributed by atoms with Gasteiger partial charge in [-0.2, -0.15) is 0 Å². The van der Waals surface area contributed by atoms with E-state index in [2.05, 4.69) is 35.9 Å². The summed E-state index contributed by atoms with van der Waals surface area (Å²) in [7, 11) is 2.20. The third-order valence-electron chi connectivity index (χ3n) is 4.09. The van der Waals surface area contributed by atoms with E-state index >= 15 is 0 Å². The smallest absolute Gasteiger partial charge is 0.0681 e. The van der Waals surface area contributed by atoms with E-state index in [1.807, 2.05) is 12.1 Å². The SMILES string of the molecule is CCN(C)CC1CCN(Cc2ccc(CO)cc2)C1. The average molecular weight is 262 g/mol. The molecule has 1 aromatic carbocycles. The van der Waals surface area contributed by atoms with Crippen LogP contribution in [0, 0.1) is 5.92 Å². The topological polar surface area (TPSA) is 26.7 Å². The summed E-state index contributed by atoms with van der Waals surface area (Å²) in [6, 6.07) is 8.32. The van der Waals surface area contributed by atoms with Gasteiger partial charge in [0.15, 0.2) is 0 Å². The quantitative estimate of drug-likeness (QED) is 0.849. The molecule has 1 aliphatic heterocycles. The minimum atomic E-state index is 0.134. The lowest BCUT2D eigenvalue weighted by Crippen LogP contribution is -2.28. The molecule has 106 valence electrons. The summed E-state index contributed by atoms with van der Waals surface area (Å²) in [5, 5.41) is 9.04. The first-order valence-corrected chi connectivity index (χ1v) is 7.30. The van der Waals surface area contributed by atoms with Gasteiger partial charge in [-0.25, -0.2) is 0 Å². The molecule has 1 aromatic rings. The second-order valence-corrected chi connectivity index (χ2v) is 5.72. The molecule has 0 amide bonds. The Hall–Kier alpha value is -0.900. The molecule has 3 nitrogen and oxygen atoms in total. The van der Waals surface area contributed by atoms with E-state index in [9.17, 15) is 0 Å². The molecule has 1 fully saturated rings. The van der Waals surface area contributed by atoms with Gasteiger partial charge in [0.2, 0.25) is 0 Å². The van der Waals surface area contributed by atoms with Gasteiger partial charge in [0.05, 0.1) is 6.61 Å². The van der Waals surface area contributed by atoms with Gasteiger partial charge < -0.3 is 10.0 Å². The van der Waals surface area contributed by atoms with Crippen LogP contribution in [-0.2, 0) is 13.2 Å². The summed E-state index contributed by atoms with van der Waals surface area (Å²) in [6.07, 6.45) is 1.32. The zero-order valence-corrected chi connectivity index (χ0v) is 12.2. The average Bonchev–Trinajstić information content (AvgIpc) is 2.86. The van der Waals surface area contributed by atoms with Crippen molar-refractivity contribution in [3.63, 3.8) is 0 Å². The predicted octanol–water partition coefficient (Wildman–Crippen LogP) is 1.95. The maximum atomic E-state index is 9.04. The van der Waals surface area contributed by atoms with E-state index in [-0.39, 0.29) is 6.61 Å². The lowest BCUT2D eigenvalue weighted by molar-refractivity contribution is 0.267. The minimum Gasteiger partial charge on any atom is -0.392 e. The van der Waals surface area contributed by atoms with Crippen molar-refractivity contribution in [2.24, 2.45) is 5.92 Å².